The summed E-state index contributed by atoms with van der Waals surface area (Å²) in [5.74, 6) is -1.03. The Kier molecular flexibility index (Phi) is 3.84. The van der Waals surface area contributed by atoms with E-state index in [9.17, 15) is 9.90 Å². The molecule has 20 heavy (non-hydrogen) atoms. The quantitative estimate of drug-likeness (QED) is 0.884. The largest absolute Gasteiger partial charge is 0.478 e. The monoisotopic (exact) mass is 273 g/mol. The lowest BCUT2D eigenvalue weighted by Gasteiger charge is -2.24. The van der Waals surface area contributed by atoms with E-state index in [2.05, 4.69) is 16.2 Å². The van der Waals surface area contributed by atoms with Gasteiger partial charge in [0.2, 0.25) is 0 Å². The van der Waals surface area contributed by atoms with Crippen LogP contribution in [0, 0.1) is 11.3 Å². The van der Waals surface area contributed by atoms with Crippen LogP contribution >= 0.6 is 0 Å². The van der Waals surface area contributed by atoms with Crippen LogP contribution in [0.25, 0.3) is 11.0 Å². The summed E-state index contributed by atoms with van der Waals surface area (Å²) in [6, 6.07) is 2.08. The van der Waals surface area contributed by atoms with Crippen LogP contribution in [0.2, 0.25) is 0 Å². The number of rotatable bonds is 5. The molecule has 2 aromatic rings. The third-order valence-electron chi connectivity index (χ3n) is 3.16. The van der Waals surface area contributed by atoms with Crippen molar-refractivity contribution in [2.45, 2.75) is 13.3 Å². The molecule has 0 unspecified atom stereocenters. The number of hydrogen-bond donors (Lipinski definition) is 1. The predicted octanol–water partition coefficient (Wildman–Crippen LogP) is 1.41. The van der Waals surface area contributed by atoms with Gasteiger partial charge in [0.25, 0.3) is 0 Å². The van der Waals surface area contributed by atoms with Crippen LogP contribution in [0.1, 0.15) is 23.7 Å². The molecular formula is C13H15N5O2. The van der Waals surface area contributed by atoms with Gasteiger partial charge >= 0.3 is 5.97 Å². The summed E-state index contributed by atoms with van der Waals surface area (Å²) in [7, 11) is 1.76. The smallest absolute Gasteiger partial charge is 0.339 e. The van der Waals surface area contributed by atoms with E-state index < -0.39 is 5.97 Å². The summed E-state index contributed by atoms with van der Waals surface area (Å²) in [5.41, 5.74) is 1.33. The molecule has 104 valence electrons. The van der Waals surface area contributed by atoms with Crippen molar-refractivity contribution in [1.29, 1.82) is 5.26 Å². The Balaban J connectivity index is 2.65. The van der Waals surface area contributed by atoms with Crippen LogP contribution in [-0.4, -0.2) is 38.9 Å². The summed E-state index contributed by atoms with van der Waals surface area (Å²) in [5, 5.41) is 22.9. The zero-order valence-corrected chi connectivity index (χ0v) is 11.4. The second-order valence-corrected chi connectivity index (χ2v) is 4.32. The van der Waals surface area contributed by atoms with E-state index >= 15 is 0 Å². The van der Waals surface area contributed by atoms with E-state index in [4.69, 9.17) is 5.26 Å². The first-order chi connectivity index (χ1) is 9.60. The van der Waals surface area contributed by atoms with Crippen molar-refractivity contribution in [3.05, 3.63) is 18.0 Å². The van der Waals surface area contributed by atoms with Crippen molar-refractivity contribution >= 4 is 22.7 Å². The Morgan fingerprint density at radius 2 is 2.30 bits per heavy atom. The van der Waals surface area contributed by atoms with Crippen molar-refractivity contribution in [2.75, 3.05) is 18.0 Å². The predicted molar refractivity (Wildman–Crippen MR) is 73.6 cm³/mol. The summed E-state index contributed by atoms with van der Waals surface area (Å²) in [6.45, 7) is 3.00. The Bertz CT molecular complexity index is 686. The molecule has 1 N–H and O–H groups in total. The fraction of sp³-hybridized carbons (Fsp3) is 0.385. The lowest BCUT2D eigenvalue weighted by molar-refractivity contribution is 0.0697. The van der Waals surface area contributed by atoms with E-state index in [1.54, 1.807) is 17.9 Å². The molecule has 2 aromatic heterocycles. The number of nitrogens with zero attached hydrogens (tertiary/aromatic N) is 5. The van der Waals surface area contributed by atoms with Crippen molar-refractivity contribution < 1.29 is 9.90 Å². The van der Waals surface area contributed by atoms with Gasteiger partial charge < -0.3 is 10.0 Å². The van der Waals surface area contributed by atoms with E-state index in [0.29, 0.717) is 36.2 Å². The van der Waals surface area contributed by atoms with Gasteiger partial charge in [-0.3, -0.25) is 4.68 Å². The zero-order valence-electron chi connectivity index (χ0n) is 11.4. The van der Waals surface area contributed by atoms with Crippen molar-refractivity contribution in [1.82, 2.24) is 14.8 Å². The zero-order chi connectivity index (χ0) is 14.7. The first-order valence-corrected chi connectivity index (χ1v) is 6.26. The third-order valence-corrected chi connectivity index (χ3v) is 3.16. The lowest BCUT2D eigenvalue weighted by atomic mass is 10.1. The first kappa shape index (κ1) is 13.8. The van der Waals surface area contributed by atoms with Crippen molar-refractivity contribution in [3.8, 4) is 6.07 Å². The van der Waals surface area contributed by atoms with Crippen LogP contribution in [0.15, 0.2) is 12.4 Å². The fourth-order valence-corrected chi connectivity index (χ4v) is 2.19. The SMILES string of the molecule is CCN(CCC#N)c1c(C(=O)O)cnc2c1cnn2C. The molecule has 0 spiro atoms. The number of aromatic nitrogens is 3. The molecule has 0 saturated heterocycles. The molecule has 7 nitrogen and oxygen atoms in total. The molecular weight excluding hydrogens is 258 g/mol. The van der Waals surface area contributed by atoms with Gasteiger partial charge in [-0.1, -0.05) is 0 Å². The van der Waals surface area contributed by atoms with E-state index in [-0.39, 0.29) is 5.56 Å². The minimum Gasteiger partial charge on any atom is -0.478 e. The standard InChI is InChI=1S/C13H15N5O2/c1-3-18(6-4-5-14)11-9-8-16-17(2)12(9)15-7-10(11)13(19)20/h7-8H,3-4,6H2,1-2H3,(H,19,20). The molecule has 7 heteroatoms. The van der Waals surface area contributed by atoms with Gasteiger partial charge in [0, 0.05) is 26.3 Å². The molecule has 0 aliphatic heterocycles. The van der Waals surface area contributed by atoms with Crippen molar-refractivity contribution in [3.63, 3.8) is 0 Å². The van der Waals surface area contributed by atoms with E-state index in [0.717, 1.165) is 0 Å². The van der Waals surface area contributed by atoms with Gasteiger partial charge in [-0.25, -0.2) is 9.78 Å². The maximum atomic E-state index is 11.4. The molecule has 0 aliphatic rings. The highest BCUT2D eigenvalue weighted by Gasteiger charge is 2.20. The topological polar surface area (TPSA) is 95.0 Å². The number of anilines is 1. The second kappa shape index (κ2) is 5.57. The van der Waals surface area contributed by atoms with Crippen LogP contribution in [0.4, 0.5) is 5.69 Å². The van der Waals surface area contributed by atoms with Crippen molar-refractivity contribution in [2.24, 2.45) is 7.05 Å². The summed E-state index contributed by atoms with van der Waals surface area (Å²) >= 11 is 0. The van der Waals surface area contributed by atoms with E-state index in [1.165, 1.54) is 6.20 Å². The maximum absolute atomic E-state index is 11.4. The highest BCUT2D eigenvalue weighted by molar-refractivity contribution is 6.03. The van der Waals surface area contributed by atoms with Gasteiger partial charge in [-0.05, 0) is 6.92 Å². The van der Waals surface area contributed by atoms with Gasteiger partial charge in [-0.15, -0.1) is 0 Å². The average molecular weight is 273 g/mol. The Hall–Kier alpha value is -2.62. The molecule has 2 heterocycles. The Morgan fingerprint density at radius 1 is 1.55 bits per heavy atom. The third kappa shape index (κ3) is 2.28. The molecule has 0 radical (unpaired) electrons. The highest BCUT2D eigenvalue weighted by atomic mass is 16.4. The number of pyridine rings is 1. The first-order valence-electron chi connectivity index (χ1n) is 6.26. The Labute approximate surface area is 116 Å². The van der Waals surface area contributed by atoms with Gasteiger partial charge in [0.15, 0.2) is 5.65 Å². The molecule has 2 rings (SSSR count). The van der Waals surface area contributed by atoms with E-state index in [1.807, 2.05) is 11.8 Å². The maximum Gasteiger partial charge on any atom is 0.339 e. The molecule has 0 atom stereocenters. The van der Waals surface area contributed by atoms with Crippen LogP contribution in [0.5, 0.6) is 0 Å². The number of carbonyl (C=O) groups is 1. The number of hydrogen-bond acceptors (Lipinski definition) is 5. The van der Waals surface area contributed by atoms with Gasteiger partial charge in [-0.2, -0.15) is 10.4 Å². The summed E-state index contributed by atoms with van der Waals surface area (Å²) < 4.78 is 1.60. The van der Waals surface area contributed by atoms with Crippen LogP contribution < -0.4 is 4.90 Å². The number of aromatic carboxylic acids is 1. The number of carboxylic acids is 1. The number of carboxylic acid groups (broad SMARTS) is 1. The normalized spacial score (nSPS) is 10.4. The number of nitriles is 1. The number of fused-ring (bicyclic) bond motifs is 1. The fourth-order valence-electron chi connectivity index (χ4n) is 2.19. The highest BCUT2D eigenvalue weighted by Crippen LogP contribution is 2.29. The molecule has 0 amide bonds. The molecule has 0 fully saturated rings. The van der Waals surface area contributed by atoms with Gasteiger partial charge in [0.1, 0.15) is 5.56 Å². The average Bonchev–Trinajstić information content (AvgIpc) is 2.81. The summed E-state index contributed by atoms with van der Waals surface area (Å²) in [4.78, 5) is 17.4. The van der Waals surface area contributed by atoms with Crippen LogP contribution in [-0.2, 0) is 7.05 Å². The Morgan fingerprint density at radius 3 is 2.90 bits per heavy atom. The number of aryl methyl sites for hydroxylation is 1. The minimum atomic E-state index is -1.03. The molecule has 0 bridgehead atoms. The molecule has 0 aliphatic carbocycles. The minimum absolute atomic E-state index is 0.130. The summed E-state index contributed by atoms with van der Waals surface area (Å²) in [6.07, 6.45) is 3.28. The van der Waals surface area contributed by atoms with Crippen LogP contribution in [0.3, 0.4) is 0 Å². The molecule has 0 saturated carbocycles. The second-order valence-electron chi connectivity index (χ2n) is 4.32. The van der Waals surface area contributed by atoms with Gasteiger partial charge in [0.05, 0.1) is 29.8 Å². The lowest BCUT2D eigenvalue weighted by Crippen LogP contribution is -2.26. The molecule has 0 aromatic carbocycles.